The molecule has 100 valence electrons. The smallest absolute Gasteiger partial charge is 0.338 e. The van der Waals surface area contributed by atoms with Crippen molar-refractivity contribution < 1.29 is 14.3 Å². The summed E-state index contributed by atoms with van der Waals surface area (Å²) in [4.78, 5) is 17.1. The van der Waals surface area contributed by atoms with Crippen molar-refractivity contribution in [3.8, 4) is 5.75 Å². The van der Waals surface area contributed by atoms with Gasteiger partial charge in [0, 0.05) is 11.3 Å². The molecule has 0 N–H and O–H groups in total. The van der Waals surface area contributed by atoms with Crippen molar-refractivity contribution in [2.45, 2.75) is 13.3 Å². The van der Waals surface area contributed by atoms with Gasteiger partial charge in [0.05, 0.1) is 30.5 Å². The Hall–Kier alpha value is -1.88. The molecule has 0 fully saturated rings. The van der Waals surface area contributed by atoms with Crippen molar-refractivity contribution >= 4 is 17.3 Å². The quantitative estimate of drug-likeness (QED) is 0.788. The molecule has 1 aromatic heterocycles. The van der Waals surface area contributed by atoms with Crippen LogP contribution in [0.4, 0.5) is 0 Å². The van der Waals surface area contributed by atoms with Crippen LogP contribution in [0.2, 0.25) is 0 Å². The number of benzene rings is 1. The topological polar surface area (TPSA) is 48.4 Å². The summed E-state index contributed by atoms with van der Waals surface area (Å²) in [5, 5.41) is 0. The Morgan fingerprint density at radius 2 is 2.05 bits per heavy atom. The fraction of sp³-hybridized carbons (Fsp3) is 0.286. The average molecular weight is 277 g/mol. The van der Waals surface area contributed by atoms with Crippen LogP contribution in [0.5, 0.6) is 5.75 Å². The predicted molar refractivity (Wildman–Crippen MR) is 73.8 cm³/mol. The minimum Gasteiger partial charge on any atom is -0.497 e. The molecule has 0 aliphatic heterocycles. The van der Waals surface area contributed by atoms with Crippen molar-refractivity contribution in [1.82, 2.24) is 4.98 Å². The first-order valence-electron chi connectivity index (χ1n) is 5.91. The van der Waals surface area contributed by atoms with Crippen LogP contribution < -0.4 is 4.74 Å². The molecule has 1 aromatic carbocycles. The summed E-state index contributed by atoms with van der Waals surface area (Å²) in [6.45, 7) is 2.32. The monoisotopic (exact) mass is 277 g/mol. The largest absolute Gasteiger partial charge is 0.497 e. The molecule has 5 heteroatoms. The van der Waals surface area contributed by atoms with Gasteiger partial charge in [0.15, 0.2) is 0 Å². The van der Waals surface area contributed by atoms with E-state index in [9.17, 15) is 4.79 Å². The fourth-order valence-corrected chi connectivity index (χ4v) is 2.38. The number of rotatable bonds is 5. The summed E-state index contributed by atoms with van der Waals surface area (Å²) in [6, 6.07) is 6.87. The number of thiazole rings is 1. The minimum absolute atomic E-state index is 0.315. The van der Waals surface area contributed by atoms with E-state index in [-0.39, 0.29) is 5.97 Å². The van der Waals surface area contributed by atoms with Crippen LogP contribution in [-0.4, -0.2) is 24.7 Å². The normalized spacial score (nSPS) is 10.2. The van der Waals surface area contributed by atoms with Gasteiger partial charge in [-0.1, -0.05) is 0 Å². The average Bonchev–Trinajstić information content (AvgIpc) is 2.84. The van der Waals surface area contributed by atoms with Gasteiger partial charge in [0.2, 0.25) is 0 Å². The van der Waals surface area contributed by atoms with E-state index in [0.717, 1.165) is 16.3 Å². The van der Waals surface area contributed by atoms with E-state index in [1.165, 1.54) is 0 Å². The number of hydrogen-bond acceptors (Lipinski definition) is 5. The number of esters is 1. The zero-order valence-electron chi connectivity index (χ0n) is 10.9. The van der Waals surface area contributed by atoms with Crippen molar-refractivity contribution in [3.63, 3.8) is 0 Å². The molecule has 0 aliphatic carbocycles. The maximum Gasteiger partial charge on any atom is 0.338 e. The van der Waals surface area contributed by atoms with Gasteiger partial charge in [-0.25, -0.2) is 9.78 Å². The van der Waals surface area contributed by atoms with E-state index in [4.69, 9.17) is 9.47 Å². The fourth-order valence-electron chi connectivity index (χ4n) is 1.61. The Labute approximate surface area is 116 Å². The lowest BCUT2D eigenvalue weighted by Crippen LogP contribution is -2.08. The van der Waals surface area contributed by atoms with Gasteiger partial charge in [-0.3, -0.25) is 0 Å². The first kappa shape index (κ1) is 13.5. The first-order chi connectivity index (χ1) is 9.20. The van der Waals surface area contributed by atoms with Crippen molar-refractivity contribution in [2.24, 2.45) is 0 Å². The molecule has 2 aromatic rings. The van der Waals surface area contributed by atoms with Gasteiger partial charge in [0.1, 0.15) is 5.75 Å². The summed E-state index contributed by atoms with van der Waals surface area (Å²) in [7, 11) is 1.59. The molecular weight excluding hydrogens is 262 g/mol. The maximum atomic E-state index is 11.8. The molecular formula is C14H15NO3S. The molecule has 19 heavy (non-hydrogen) atoms. The highest BCUT2D eigenvalue weighted by molar-refractivity contribution is 7.09. The van der Waals surface area contributed by atoms with Gasteiger partial charge < -0.3 is 9.47 Å². The highest BCUT2D eigenvalue weighted by Gasteiger charge is 2.08. The van der Waals surface area contributed by atoms with Crippen LogP contribution >= 0.6 is 11.3 Å². The molecule has 0 radical (unpaired) electrons. The molecule has 0 bridgehead atoms. The number of carbonyl (C=O) groups excluding carboxylic acids is 1. The van der Waals surface area contributed by atoms with Crippen LogP contribution in [0.3, 0.4) is 0 Å². The molecule has 0 amide bonds. The van der Waals surface area contributed by atoms with Crippen molar-refractivity contribution in [3.05, 3.63) is 45.9 Å². The summed E-state index contributed by atoms with van der Waals surface area (Å²) < 4.78 is 10.3. The maximum absolute atomic E-state index is 11.8. The van der Waals surface area contributed by atoms with Crippen LogP contribution in [0.1, 0.15) is 20.9 Å². The van der Waals surface area contributed by atoms with E-state index < -0.39 is 0 Å². The summed E-state index contributed by atoms with van der Waals surface area (Å²) in [6.07, 6.45) is 0.707. The molecule has 4 nitrogen and oxygen atoms in total. The molecule has 1 heterocycles. The standard InChI is InChI=1S/C14H15NO3S/c1-10-13(19-9-15-10)7-8-18-14(16)11-3-5-12(17-2)6-4-11/h3-6,9H,7-8H2,1-2H3. The minimum atomic E-state index is -0.315. The highest BCUT2D eigenvalue weighted by atomic mass is 32.1. The Morgan fingerprint density at radius 3 is 2.63 bits per heavy atom. The molecule has 0 unspecified atom stereocenters. The third-order valence-electron chi connectivity index (χ3n) is 2.73. The van der Waals surface area contributed by atoms with E-state index >= 15 is 0 Å². The Kier molecular flexibility index (Phi) is 4.52. The van der Waals surface area contributed by atoms with Gasteiger partial charge in [-0.15, -0.1) is 11.3 Å². The molecule has 0 atom stereocenters. The van der Waals surface area contributed by atoms with E-state index in [1.807, 2.05) is 6.92 Å². The van der Waals surface area contributed by atoms with E-state index in [0.29, 0.717) is 18.6 Å². The van der Waals surface area contributed by atoms with Crippen LogP contribution in [0.15, 0.2) is 29.8 Å². The third-order valence-corrected chi connectivity index (χ3v) is 3.73. The van der Waals surface area contributed by atoms with Crippen LogP contribution in [0, 0.1) is 6.92 Å². The number of aromatic nitrogens is 1. The Bertz CT molecular complexity index is 548. The zero-order chi connectivity index (χ0) is 13.7. The summed E-state index contributed by atoms with van der Waals surface area (Å²) in [5.41, 5.74) is 3.34. The van der Waals surface area contributed by atoms with E-state index in [1.54, 1.807) is 48.2 Å². The lowest BCUT2D eigenvalue weighted by Gasteiger charge is -2.05. The highest BCUT2D eigenvalue weighted by Crippen LogP contribution is 2.14. The molecule has 0 saturated carbocycles. The lowest BCUT2D eigenvalue weighted by molar-refractivity contribution is 0.0509. The summed E-state index contributed by atoms with van der Waals surface area (Å²) in [5.74, 6) is 0.404. The van der Waals surface area contributed by atoms with Gasteiger partial charge >= 0.3 is 5.97 Å². The second kappa shape index (κ2) is 6.33. The number of aryl methyl sites for hydroxylation is 1. The van der Waals surface area contributed by atoms with Crippen LogP contribution in [-0.2, 0) is 11.2 Å². The second-order valence-corrected chi connectivity index (χ2v) is 4.91. The first-order valence-corrected chi connectivity index (χ1v) is 6.79. The predicted octanol–water partition coefficient (Wildman–Crippen LogP) is 2.86. The molecule has 0 aliphatic rings. The number of ether oxygens (including phenoxy) is 2. The summed E-state index contributed by atoms with van der Waals surface area (Å²) >= 11 is 1.58. The lowest BCUT2D eigenvalue weighted by atomic mass is 10.2. The van der Waals surface area contributed by atoms with Crippen molar-refractivity contribution in [1.29, 1.82) is 0 Å². The van der Waals surface area contributed by atoms with Gasteiger partial charge in [-0.05, 0) is 31.2 Å². The van der Waals surface area contributed by atoms with Crippen molar-refractivity contribution in [2.75, 3.05) is 13.7 Å². The van der Waals surface area contributed by atoms with Gasteiger partial charge in [-0.2, -0.15) is 0 Å². The zero-order valence-corrected chi connectivity index (χ0v) is 11.7. The number of nitrogens with zero attached hydrogens (tertiary/aromatic N) is 1. The van der Waals surface area contributed by atoms with E-state index in [2.05, 4.69) is 4.98 Å². The number of hydrogen-bond donors (Lipinski definition) is 0. The second-order valence-electron chi connectivity index (χ2n) is 3.98. The molecule has 0 spiro atoms. The third kappa shape index (κ3) is 3.54. The Morgan fingerprint density at radius 1 is 1.32 bits per heavy atom. The SMILES string of the molecule is COc1ccc(C(=O)OCCc2scnc2C)cc1. The number of carbonyl (C=O) groups is 1. The molecule has 0 saturated heterocycles. The molecule has 2 rings (SSSR count). The van der Waals surface area contributed by atoms with Crippen LogP contribution in [0.25, 0.3) is 0 Å². The van der Waals surface area contributed by atoms with Gasteiger partial charge in [0.25, 0.3) is 0 Å². The Balaban J connectivity index is 1.85. The number of methoxy groups -OCH3 is 1.